The van der Waals surface area contributed by atoms with Crippen LogP contribution in [0, 0.1) is 6.92 Å². The molecule has 2 rings (SSSR count). The van der Waals surface area contributed by atoms with Crippen molar-refractivity contribution in [1.29, 1.82) is 0 Å². The molecule has 2 aromatic heterocycles. The molecule has 2 aromatic rings. The van der Waals surface area contributed by atoms with Crippen LogP contribution in [0.15, 0.2) is 15.4 Å². The van der Waals surface area contributed by atoms with Crippen LogP contribution in [-0.2, 0) is 6.54 Å². The van der Waals surface area contributed by atoms with Gasteiger partial charge < -0.3 is 5.32 Å². The molecule has 0 saturated heterocycles. The van der Waals surface area contributed by atoms with E-state index in [0.29, 0.717) is 0 Å². The molecule has 0 unspecified atom stereocenters. The average molecular weight is 290 g/mol. The van der Waals surface area contributed by atoms with Crippen LogP contribution in [0.4, 0.5) is 5.13 Å². The van der Waals surface area contributed by atoms with E-state index in [4.69, 9.17) is 0 Å². The van der Waals surface area contributed by atoms with Gasteiger partial charge in [0.2, 0.25) is 0 Å². The number of thiazole rings is 2. The van der Waals surface area contributed by atoms with Gasteiger partial charge in [0.05, 0.1) is 6.54 Å². The molecule has 0 fully saturated rings. The van der Waals surface area contributed by atoms with Gasteiger partial charge in [0, 0.05) is 16.5 Å². The van der Waals surface area contributed by atoms with Crippen molar-refractivity contribution in [2.75, 3.05) is 5.32 Å². The number of hydrogen-bond donors (Lipinski definition) is 1. The van der Waals surface area contributed by atoms with E-state index >= 15 is 0 Å². The zero-order valence-corrected chi connectivity index (χ0v) is 10.7. The van der Waals surface area contributed by atoms with Crippen molar-refractivity contribution in [3.8, 4) is 0 Å². The average Bonchev–Trinajstić information content (AvgIpc) is 2.72. The molecule has 2 heterocycles. The van der Waals surface area contributed by atoms with Crippen LogP contribution < -0.4 is 5.32 Å². The molecule has 3 nitrogen and oxygen atoms in total. The Labute approximate surface area is 98.4 Å². The van der Waals surface area contributed by atoms with Gasteiger partial charge in [-0.3, -0.25) is 0 Å². The molecule has 0 atom stereocenters. The van der Waals surface area contributed by atoms with Gasteiger partial charge in [0.1, 0.15) is 9.61 Å². The fourth-order valence-corrected chi connectivity index (χ4v) is 2.83. The number of halogens is 1. The third-order valence-corrected chi connectivity index (χ3v) is 4.01. The Kier molecular flexibility index (Phi) is 3.15. The molecule has 0 saturated carbocycles. The molecule has 0 aromatic carbocycles. The van der Waals surface area contributed by atoms with Crippen LogP contribution in [0.1, 0.15) is 10.7 Å². The summed E-state index contributed by atoms with van der Waals surface area (Å²) in [5.41, 5.74) is 1.08. The van der Waals surface area contributed by atoms with Crippen LogP contribution in [0.3, 0.4) is 0 Å². The van der Waals surface area contributed by atoms with E-state index in [1.807, 2.05) is 12.3 Å². The quantitative estimate of drug-likeness (QED) is 0.942. The van der Waals surface area contributed by atoms with E-state index in [9.17, 15) is 0 Å². The first kappa shape index (κ1) is 10.1. The Bertz CT molecular complexity index is 383. The molecule has 0 aliphatic carbocycles. The SMILES string of the molecule is Cc1csc(CNc2nc(Br)cs2)n1. The molecule has 0 aliphatic heterocycles. The lowest BCUT2D eigenvalue weighted by molar-refractivity contribution is 1.07. The van der Waals surface area contributed by atoms with Crippen LogP contribution in [-0.4, -0.2) is 9.97 Å². The Morgan fingerprint density at radius 1 is 1.36 bits per heavy atom. The molecule has 1 N–H and O–H groups in total. The van der Waals surface area contributed by atoms with Gasteiger partial charge in [-0.25, -0.2) is 9.97 Å². The third kappa shape index (κ3) is 2.52. The molecule has 0 spiro atoms. The highest BCUT2D eigenvalue weighted by Crippen LogP contribution is 2.20. The lowest BCUT2D eigenvalue weighted by Gasteiger charge is -1.97. The summed E-state index contributed by atoms with van der Waals surface area (Å²) in [7, 11) is 0. The number of aromatic nitrogens is 2. The Hall–Kier alpha value is -0.460. The Morgan fingerprint density at radius 2 is 2.21 bits per heavy atom. The lowest BCUT2D eigenvalue weighted by Crippen LogP contribution is -1.98. The van der Waals surface area contributed by atoms with Crippen molar-refractivity contribution >= 4 is 43.7 Å². The fourth-order valence-electron chi connectivity index (χ4n) is 0.970. The molecule has 74 valence electrons. The monoisotopic (exact) mass is 289 g/mol. The molecule has 0 radical (unpaired) electrons. The number of anilines is 1. The summed E-state index contributed by atoms with van der Waals surface area (Å²) in [6.45, 7) is 2.75. The number of aryl methyl sites for hydroxylation is 1. The highest BCUT2D eigenvalue weighted by Gasteiger charge is 2.01. The van der Waals surface area contributed by atoms with E-state index in [2.05, 4.69) is 36.6 Å². The Balaban J connectivity index is 1.94. The van der Waals surface area contributed by atoms with Gasteiger partial charge in [-0.15, -0.1) is 22.7 Å². The maximum Gasteiger partial charge on any atom is 0.184 e. The van der Waals surface area contributed by atoms with E-state index in [1.54, 1.807) is 22.7 Å². The molecule has 6 heteroatoms. The molecular weight excluding hydrogens is 282 g/mol. The number of hydrogen-bond acceptors (Lipinski definition) is 5. The highest BCUT2D eigenvalue weighted by molar-refractivity contribution is 9.10. The molecule has 0 aliphatic rings. The van der Waals surface area contributed by atoms with Crippen LogP contribution in [0.5, 0.6) is 0 Å². The maximum absolute atomic E-state index is 4.35. The van der Waals surface area contributed by atoms with E-state index in [0.717, 1.165) is 27.0 Å². The summed E-state index contributed by atoms with van der Waals surface area (Å²) < 4.78 is 0.875. The number of nitrogens with zero attached hydrogens (tertiary/aromatic N) is 2. The standard InChI is InChI=1S/C8H8BrN3S2/c1-5-3-13-7(11-5)2-10-8-12-6(9)4-14-8/h3-4H,2H2,1H3,(H,10,12). The van der Waals surface area contributed by atoms with Crippen LogP contribution in [0.25, 0.3) is 0 Å². The summed E-state index contributed by atoms with van der Waals surface area (Å²) in [5, 5.41) is 9.24. The predicted molar refractivity (Wildman–Crippen MR) is 64.0 cm³/mol. The van der Waals surface area contributed by atoms with E-state index in [1.165, 1.54) is 0 Å². The summed E-state index contributed by atoms with van der Waals surface area (Å²) in [5.74, 6) is 0. The normalized spacial score (nSPS) is 10.4. The highest BCUT2D eigenvalue weighted by atomic mass is 79.9. The van der Waals surface area contributed by atoms with Crippen molar-refractivity contribution in [2.24, 2.45) is 0 Å². The van der Waals surface area contributed by atoms with Crippen molar-refractivity contribution in [3.05, 3.63) is 26.1 Å². The second-order valence-electron chi connectivity index (χ2n) is 2.71. The topological polar surface area (TPSA) is 37.8 Å². The van der Waals surface area contributed by atoms with Gasteiger partial charge in [0.15, 0.2) is 5.13 Å². The number of nitrogens with one attached hydrogen (secondary N) is 1. The largest absolute Gasteiger partial charge is 0.355 e. The smallest absolute Gasteiger partial charge is 0.184 e. The molecule has 0 bridgehead atoms. The zero-order chi connectivity index (χ0) is 9.97. The van der Waals surface area contributed by atoms with Gasteiger partial charge in [-0.05, 0) is 22.9 Å². The Morgan fingerprint density at radius 3 is 2.79 bits per heavy atom. The zero-order valence-electron chi connectivity index (χ0n) is 7.45. The van der Waals surface area contributed by atoms with Gasteiger partial charge in [0.25, 0.3) is 0 Å². The van der Waals surface area contributed by atoms with Crippen LogP contribution >= 0.6 is 38.6 Å². The summed E-state index contributed by atoms with van der Waals surface area (Å²) in [4.78, 5) is 8.59. The minimum absolute atomic E-state index is 0.748. The first-order chi connectivity index (χ1) is 6.74. The predicted octanol–water partition coefficient (Wildman–Crippen LogP) is 3.28. The minimum atomic E-state index is 0.748. The van der Waals surface area contributed by atoms with E-state index < -0.39 is 0 Å². The van der Waals surface area contributed by atoms with Crippen molar-refractivity contribution < 1.29 is 0 Å². The number of rotatable bonds is 3. The first-order valence-electron chi connectivity index (χ1n) is 4.00. The third-order valence-electron chi connectivity index (χ3n) is 1.53. The van der Waals surface area contributed by atoms with Gasteiger partial charge in [-0.2, -0.15) is 0 Å². The summed E-state index contributed by atoms with van der Waals surface area (Å²) in [6.07, 6.45) is 0. The van der Waals surface area contributed by atoms with E-state index in [-0.39, 0.29) is 0 Å². The molecular formula is C8H8BrN3S2. The van der Waals surface area contributed by atoms with Crippen molar-refractivity contribution in [3.63, 3.8) is 0 Å². The fraction of sp³-hybridized carbons (Fsp3) is 0.250. The van der Waals surface area contributed by atoms with Crippen LogP contribution in [0.2, 0.25) is 0 Å². The second-order valence-corrected chi connectivity index (χ2v) is 5.32. The summed E-state index contributed by atoms with van der Waals surface area (Å²) >= 11 is 6.56. The molecule has 14 heavy (non-hydrogen) atoms. The van der Waals surface area contributed by atoms with Gasteiger partial charge in [-0.1, -0.05) is 0 Å². The first-order valence-corrected chi connectivity index (χ1v) is 6.55. The maximum atomic E-state index is 4.35. The van der Waals surface area contributed by atoms with Crippen molar-refractivity contribution in [1.82, 2.24) is 9.97 Å². The summed E-state index contributed by atoms with van der Waals surface area (Å²) in [6, 6.07) is 0. The second kappa shape index (κ2) is 4.37. The molecule has 0 amide bonds. The minimum Gasteiger partial charge on any atom is -0.355 e. The van der Waals surface area contributed by atoms with Crippen molar-refractivity contribution in [2.45, 2.75) is 13.5 Å². The lowest BCUT2D eigenvalue weighted by atomic mass is 10.6. The van der Waals surface area contributed by atoms with Gasteiger partial charge >= 0.3 is 0 Å².